The minimum Gasteiger partial charge on any atom is -0.381 e. The van der Waals surface area contributed by atoms with E-state index < -0.39 is 6.58 Å². The van der Waals surface area contributed by atoms with Gasteiger partial charge in [-0.25, -0.2) is 0 Å². The zero-order chi connectivity index (χ0) is 4.57. The third-order valence-electron chi connectivity index (χ3n) is 0.385. The molecule has 1 heterocycles. The van der Waals surface area contributed by atoms with Crippen molar-refractivity contribution in [3.63, 3.8) is 0 Å². The molecule has 4 heavy (non-hydrogen) atoms. The molecule has 1 heteroatoms. The Hall–Kier alpha value is -0.0400. The van der Waals surface area contributed by atoms with Crippen LogP contribution in [0.2, 0.25) is 0 Å². The quantitative estimate of drug-likeness (QED) is 0.393. The Morgan fingerprint density at radius 3 is 2.75 bits per heavy atom. The van der Waals surface area contributed by atoms with Crippen LogP contribution >= 0.6 is 0 Å². The van der Waals surface area contributed by atoms with Crippen LogP contribution in [-0.4, -0.2) is 13.2 Å². The molecule has 0 aliphatic carbocycles. The van der Waals surface area contributed by atoms with Crippen LogP contribution in [-0.2, 0) is 4.74 Å². The molecule has 0 spiro atoms. The molecule has 1 nitrogen and oxygen atoms in total. The average Bonchev–Trinajstić information content (AvgIpc) is 1.61. The van der Waals surface area contributed by atoms with Crippen LogP contribution in [0.1, 0.15) is 9.14 Å². The predicted octanol–water partition coefficient (Wildman–Crippen LogP) is 0.407. The van der Waals surface area contributed by atoms with Gasteiger partial charge in [-0.3, -0.25) is 0 Å². The lowest BCUT2D eigenvalue weighted by Gasteiger charge is -2.09. The van der Waals surface area contributed by atoms with E-state index in [-0.39, 0.29) is 6.40 Å². The summed E-state index contributed by atoms with van der Waals surface area (Å²) in [5.74, 6) is 0. The fourth-order valence-corrected chi connectivity index (χ4v) is 0.0962. The smallest absolute Gasteiger partial charge is 0.0567 e. The highest BCUT2D eigenvalue weighted by Gasteiger charge is 1.94. The second kappa shape index (κ2) is 0.725. The Kier molecular flexibility index (Phi) is 0.177. The highest BCUT2D eigenvalue weighted by molar-refractivity contribution is 4.41. The summed E-state index contributed by atoms with van der Waals surface area (Å²) < 4.78 is 18.0. The molecule has 0 aromatic carbocycles. The lowest BCUT2D eigenvalue weighted by atomic mass is 10.4. The van der Waals surface area contributed by atoms with Crippen LogP contribution in [0.25, 0.3) is 0 Å². The molecule has 24 valence electrons. The molecule has 0 bridgehead atoms. The van der Waals surface area contributed by atoms with Crippen molar-refractivity contribution in [1.82, 2.24) is 0 Å². The van der Waals surface area contributed by atoms with Gasteiger partial charge in [0.2, 0.25) is 0 Å². The van der Waals surface area contributed by atoms with E-state index in [0.29, 0.717) is 6.61 Å². The summed E-state index contributed by atoms with van der Waals surface area (Å²) in [5, 5.41) is 0. The molecule has 0 aromatic rings. The van der Waals surface area contributed by atoms with Crippen LogP contribution in [0.5, 0.6) is 0 Å². The minimum absolute atomic E-state index is 0.273. The van der Waals surface area contributed by atoms with Crippen molar-refractivity contribution in [2.45, 2.75) is 6.40 Å². The van der Waals surface area contributed by atoms with E-state index in [9.17, 15) is 0 Å². The first kappa shape index (κ1) is 0.977. The van der Waals surface area contributed by atoms with E-state index in [1.54, 1.807) is 0 Å². The molecule has 1 aliphatic heterocycles. The Morgan fingerprint density at radius 2 is 2.75 bits per heavy atom. The van der Waals surface area contributed by atoms with E-state index in [1.165, 1.54) is 0 Å². The first-order valence-electron chi connectivity index (χ1n) is 2.42. The lowest BCUT2D eigenvalue weighted by Crippen LogP contribution is -2.09. The summed E-state index contributed by atoms with van der Waals surface area (Å²) in [5.41, 5.74) is 0. The lowest BCUT2D eigenvalue weighted by molar-refractivity contribution is 0.0367. The summed E-state index contributed by atoms with van der Waals surface area (Å²) in [7, 11) is 0. The first-order valence-corrected chi connectivity index (χ1v) is 1.27. The van der Waals surface area contributed by atoms with Gasteiger partial charge in [0, 0.05) is 14.6 Å². The Bertz CT molecular complexity index is 48.8. The van der Waals surface area contributed by atoms with E-state index in [4.69, 9.17) is 2.74 Å². The molecule has 1 fully saturated rings. The predicted molar refractivity (Wildman–Crippen MR) is 15.4 cm³/mol. The van der Waals surface area contributed by atoms with Crippen molar-refractivity contribution in [2.75, 3.05) is 13.2 Å². The van der Waals surface area contributed by atoms with Crippen LogP contribution in [0.15, 0.2) is 0 Å². The van der Waals surface area contributed by atoms with Gasteiger partial charge in [0.1, 0.15) is 0 Å². The van der Waals surface area contributed by atoms with Gasteiger partial charge in [-0.15, -0.1) is 0 Å². The molecule has 2 unspecified atom stereocenters. The van der Waals surface area contributed by atoms with E-state index >= 15 is 0 Å². The molecule has 0 aromatic heterocycles. The van der Waals surface area contributed by atoms with Crippen LogP contribution in [0.4, 0.5) is 0 Å². The minimum atomic E-state index is -0.551. The van der Waals surface area contributed by atoms with E-state index in [2.05, 4.69) is 4.74 Å². The maximum Gasteiger partial charge on any atom is 0.0567 e. The standard InChI is InChI=1S/C3H6O/c1-2-4-3-1/h1-3H2/i1D,2D. The summed E-state index contributed by atoms with van der Waals surface area (Å²) in [6.07, 6.45) is -0.273. The molecule has 1 aliphatic rings. The Labute approximate surface area is 28.4 Å². The number of ether oxygens (including phenoxy) is 1. The monoisotopic (exact) mass is 60.1 g/mol. The van der Waals surface area contributed by atoms with Gasteiger partial charge < -0.3 is 4.74 Å². The van der Waals surface area contributed by atoms with Gasteiger partial charge in [0.15, 0.2) is 0 Å². The zero-order valence-electron chi connectivity index (χ0n) is 4.27. The van der Waals surface area contributed by atoms with E-state index in [0.717, 1.165) is 0 Å². The third-order valence-corrected chi connectivity index (χ3v) is 0.385. The largest absolute Gasteiger partial charge is 0.381 e. The third kappa shape index (κ3) is 0.115. The summed E-state index contributed by atoms with van der Waals surface area (Å²) in [6.45, 7) is -0.0984. The topological polar surface area (TPSA) is 9.23 Å². The fraction of sp³-hybridized carbons (Fsp3) is 1.00. The van der Waals surface area contributed by atoms with Crippen LogP contribution in [0, 0.1) is 0 Å². The van der Waals surface area contributed by atoms with Gasteiger partial charge >= 0.3 is 0 Å². The van der Waals surface area contributed by atoms with Crippen molar-refractivity contribution in [3.8, 4) is 0 Å². The number of hydrogen-bond donors (Lipinski definition) is 0. The molecule has 0 N–H and O–H groups in total. The summed E-state index contributed by atoms with van der Waals surface area (Å²) in [4.78, 5) is 0. The maximum absolute atomic E-state index is 6.81. The van der Waals surface area contributed by atoms with Gasteiger partial charge in [-0.05, 0) is 6.40 Å². The SMILES string of the molecule is [2H]C1COC1[2H]. The van der Waals surface area contributed by atoms with Gasteiger partial charge in [-0.1, -0.05) is 0 Å². The zero-order valence-corrected chi connectivity index (χ0v) is 2.27. The molecule has 0 amide bonds. The highest BCUT2D eigenvalue weighted by atomic mass is 16.5. The second-order valence-corrected chi connectivity index (χ2v) is 0.705. The van der Waals surface area contributed by atoms with Crippen molar-refractivity contribution < 1.29 is 7.48 Å². The van der Waals surface area contributed by atoms with Gasteiger partial charge in [0.05, 0.1) is 1.37 Å². The Balaban J connectivity index is 2.20. The van der Waals surface area contributed by atoms with Crippen LogP contribution < -0.4 is 0 Å². The number of rotatable bonds is 0. The molecular formula is C3H6O. The van der Waals surface area contributed by atoms with Gasteiger partial charge in [-0.2, -0.15) is 0 Å². The van der Waals surface area contributed by atoms with Gasteiger partial charge in [0.25, 0.3) is 0 Å². The number of hydrogen-bond acceptors (Lipinski definition) is 1. The summed E-state index contributed by atoms with van der Waals surface area (Å²) >= 11 is 0. The first-order chi connectivity index (χ1) is 2.80. The maximum atomic E-state index is 6.81. The summed E-state index contributed by atoms with van der Waals surface area (Å²) in [6, 6.07) is 0. The van der Waals surface area contributed by atoms with Crippen molar-refractivity contribution >= 4 is 0 Å². The second-order valence-electron chi connectivity index (χ2n) is 0.705. The molecule has 1 rings (SSSR count). The normalized spacial score (nSPS) is 68.0. The highest BCUT2D eigenvalue weighted by Crippen LogP contribution is 1.92. The van der Waals surface area contributed by atoms with E-state index in [1.807, 2.05) is 0 Å². The molecule has 1 saturated heterocycles. The molecule has 2 atom stereocenters. The van der Waals surface area contributed by atoms with Crippen molar-refractivity contribution in [3.05, 3.63) is 0 Å². The average molecular weight is 60.1 g/mol. The van der Waals surface area contributed by atoms with Crippen molar-refractivity contribution in [2.24, 2.45) is 0 Å². The molecule has 0 radical (unpaired) electrons. The molecule has 0 saturated carbocycles. The van der Waals surface area contributed by atoms with Crippen molar-refractivity contribution in [1.29, 1.82) is 0 Å². The molecular weight excluding hydrogens is 52.0 g/mol. The van der Waals surface area contributed by atoms with Crippen LogP contribution in [0.3, 0.4) is 0 Å². The Morgan fingerprint density at radius 1 is 2.00 bits per heavy atom. The fourth-order valence-electron chi connectivity index (χ4n) is 0.0962.